The quantitative estimate of drug-likeness (QED) is 0.584. The fourth-order valence-electron chi connectivity index (χ4n) is 2.90. The van der Waals surface area contributed by atoms with Gasteiger partial charge in [0.05, 0.1) is 0 Å². The predicted octanol–water partition coefficient (Wildman–Crippen LogP) is 1.63. The number of nitrogens with one attached hydrogen (secondary N) is 1. The number of rotatable bonds is 7. The molecule has 7 heteroatoms. The lowest BCUT2D eigenvalue weighted by Gasteiger charge is -2.24. The average molecular weight is 293 g/mol. The summed E-state index contributed by atoms with van der Waals surface area (Å²) in [5.74, 6) is 8.02. The van der Waals surface area contributed by atoms with Gasteiger partial charge in [-0.25, -0.2) is 5.84 Å². The molecule has 0 aromatic carbocycles. The first-order valence-electron chi connectivity index (χ1n) is 7.86. The molecule has 1 aromatic heterocycles. The van der Waals surface area contributed by atoms with Crippen LogP contribution in [0.4, 0.5) is 17.8 Å². The predicted molar refractivity (Wildman–Crippen MR) is 86.4 cm³/mol. The molecule has 0 amide bonds. The fourth-order valence-corrected chi connectivity index (χ4v) is 2.90. The van der Waals surface area contributed by atoms with E-state index >= 15 is 0 Å². The van der Waals surface area contributed by atoms with Gasteiger partial charge in [-0.2, -0.15) is 15.0 Å². The summed E-state index contributed by atoms with van der Waals surface area (Å²) in [6, 6.07) is 0. The van der Waals surface area contributed by atoms with E-state index in [4.69, 9.17) is 5.84 Å². The van der Waals surface area contributed by atoms with Gasteiger partial charge in [-0.3, -0.25) is 5.43 Å². The standard InChI is InChI=1S/C14H27N7/c1-4-21(5-2)14-17-12(19-15)16-13(18-14)20(3)10-11-8-6-7-9-11/h11H,4-10,15H2,1-3H3,(H,16,17,18,19). The van der Waals surface area contributed by atoms with Crippen molar-refractivity contribution in [3.63, 3.8) is 0 Å². The zero-order chi connectivity index (χ0) is 15.2. The van der Waals surface area contributed by atoms with Crippen molar-refractivity contribution in [2.45, 2.75) is 39.5 Å². The molecule has 1 saturated carbocycles. The van der Waals surface area contributed by atoms with Crippen LogP contribution in [0.5, 0.6) is 0 Å². The second-order valence-electron chi connectivity index (χ2n) is 5.61. The van der Waals surface area contributed by atoms with Crippen LogP contribution >= 0.6 is 0 Å². The van der Waals surface area contributed by atoms with Crippen LogP contribution in [0.3, 0.4) is 0 Å². The van der Waals surface area contributed by atoms with Crippen LogP contribution in [-0.2, 0) is 0 Å². The summed E-state index contributed by atoms with van der Waals surface area (Å²) < 4.78 is 0. The van der Waals surface area contributed by atoms with Crippen molar-refractivity contribution in [3.8, 4) is 0 Å². The maximum atomic E-state index is 5.49. The first-order valence-corrected chi connectivity index (χ1v) is 7.86. The Morgan fingerprint density at radius 3 is 2.29 bits per heavy atom. The second-order valence-corrected chi connectivity index (χ2v) is 5.61. The van der Waals surface area contributed by atoms with Gasteiger partial charge in [0.2, 0.25) is 17.8 Å². The van der Waals surface area contributed by atoms with E-state index in [-0.39, 0.29) is 0 Å². The highest BCUT2D eigenvalue weighted by atomic mass is 15.4. The zero-order valence-electron chi connectivity index (χ0n) is 13.3. The number of aromatic nitrogens is 3. The highest BCUT2D eigenvalue weighted by Gasteiger charge is 2.19. The molecular weight excluding hydrogens is 266 g/mol. The lowest BCUT2D eigenvalue weighted by atomic mass is 10.1. The minimum Gasteiger partial charge on any atom is -0.343 e. The molecule has 0 bridgehead atoms. The van der Waals surface area contributed by atoms with Gasteiger partial charge >= 0.3 is 0 Å². The minimum absolute atomic E-state index is 0.417. The number of nitrogens with two attached hydrogens (primary N) is 1. The minimum atomic E-state index is 0.417. The van der Waals surface area contributed by atoms with E-state index in [2.05, 4.69) is 44.0 Å². The molecule has 1 fully saturated rings. The lowest BCUT2D eigenvalue weighted by Crippen LogP contribution is -2.30. The third-order valence-electron chi connectivity index (χ3n) is 4.14. The Morgan fingerprint density at radius 1 is 1.10 bits per heavy atom. The Kier molecular flexibility index (Phi) is 5.55. The highest BCUT2D eigenvalue weighted by Crippen LogP contribution is 2.26. The Balaban J connectivity index is 2.18. The van der Waals surface area contributed by atoms with E-state index in [0.29, 0.717) is 17.8 Å². The van der Waals surface area contributed by atoms with Gasteiger partial charge in [-0.05, 0) is 32.6 Å². The molecule has 1 aliphatic rings. The van der Waals surface area contributed by atoms with Crippen molar-refractivity contribution in [2.24, 2.45) is 11.8 Å². The molecule has 1 aliphatic carbocycles. The Hall–Kier alpha value is -1.63. The second kappa shape index (κ2) is 7.40. The molecule has 1 aromatic rings. The van der Waals surface area contributed by atoms with Crippen LogP contribution in [0.1, 0.15) is 39.5 Å². The summed E-state index contributed by atoms with van der Waals surface area (Å²) in [6.07, 6.45) is 5.30. The summed E-state index contributed by atoms with van der Waals surface area (Å²) in [5, 5.41) is 0. The van der Waals surface area contributed by atoms with Crippen LogP contribution in [0.25, 0.3) is 0 Å². The molecule has 3 N–H and O–H groups in total. The van der Waals surface area contributed by atoms with Crippen LogP contribution in [0.2, 0.25) is 0 Å². The molecule has 2 rings (SSSR count). The zero-order valence-corrected chi connectivity index (χ0v) is 13.3. The van der Waals surface area contributed by atoms with Gasteiger partial charge in [-0.15, -0.1) is 0 Å². The van der Waals surface area contributed by atoms with Crippen LogP contribution < -0.4 is 21.1 Å². The highest BCUT2D eigenvalue weighted by molar-refractivity contribution is 5.44. The van der Waals surface area contributed by atoms with E-state index in [1.54, 1.807) is 0 Å². The lowest BCUT2D eigenvalue weighted by molar-refractivity contribution is 0.542. The molecule has 21 heavy (non-hydrogen) atoms. The molecule has 0 saturated heterocycles. The fraction of sp³-hybridized carbons (Fsp3) is 0.786. The summed E-state index contributed by atoms with van der Waals surface area (Å²) in [5.41, 5.74) is 2.54. The summed E-state index contributed by atoms with van der Waals surface area (Å²) in [7, 11) is 2.04. The number of nitrogen functional groups attached to an aromatic ring is 1. The third-order valence-corrected chi connectivity index (χ3v) is 4.14. The van der Waals surface area contributed by atoms with Crippen molar-refractivity contribution in [1.82, 2.24) is 15.0 Å². The summed E-state index contributed by atoms with van der Waals surface area (Å²) >= 11 is 0. The maximum Gasteiger partial charge on any atom is 0.243 e. The van der Waals surface area contributed by atoms with E-state index < -0.39 is 0 Å². The van der Waals surface area contributed by atoms with Gasteiger partial charge in [0.1, 0.15) is 0 Å². The van der Waals surface area contributed by atoms with Crippen LogP contribution in [-0.4, -0.2) is 41.6 Å². The molecule has 0 unspecified atom stereocenters. The van der Waals surface area contributed by atoms with Crippen molar-refractivity contribution in [3.05, 3.63) is 0 Å². The van der Waals surface area contributed by atoms with E-state index in [1.807, 2.05) is 7.05 Å². The van der Waals surface area contributed by atoms with Crippen molar-refractivity contribution in [2.75, 3.05) is 41.9 Å². The van der Waals surface area contributed by atoms with Gasteiger partial charge in [0.25, 0.3) is 0 Å². The van der Waals surface area contributed by atoms with Gasteiger partial charge < -0.3 is 9.80 Å². The van der Waals surface area contributed by atoms with E-state index in [0.717, 1.165) is 25.6 Å². The SMILES string of the molecule is CCN(CC)c1nc(NN)nc(N(C)CC2CCCC2)n1. The monoisotopic (exact) mass is 293 g/mol. The van der Waals surface area contributed by atoms with Gasteiger partial charge in [-0.1, -0.05) is 12.8 Å². The number of nitrogens with zero attached hydrogens (tertiary/aromatic N) is 5. The average Bonchev–Trinajstić information content (AvgIpc) is 3.01. The third kappa shape index (κ3) is 3.93. The van der Waals surface area contributed by atoms with Gasteiger partial charge in [0, 0.05) is 26.7 Å². The van der Waals surface area contributed by atoms with Crippen molar-refractivity contribution < 1.29 is 0 Å². The van der Waals surface area contributed by atoms with E-state index in [1.165, 1.54) is 25.7 Å². The Bertz CT molecular complexity index is 441. The Morgan fingerprint density at radius 2 is 1.71 bits per heavy atom. The topological polar surface area (TPSA) is 83.2 Å². The molecule has 1 heterocycles. The smallest absolute Gasteiger partial charge is 0.243 e. The maximum absolute atomic E-state index is 5.49. The normalized spacial score (nSPS) is 15.2. The molecule has 0 aliphatic heterocycles. The van der Waals surface area contributed by atoms with Gasteiger partial charge in [0.15, 0.2) is 0 Å². The van der Waals surface area contributed by atoms with Crippen LogP contribution in [0.15, 0.2) is 0 Å². The first-order chi connectivity index (χ1) is 10.2. The summed E-state index contributed by atoms with van der Waals surface area (Å²) in [6.45, 7) is 6.88. The van der Waals surface area contributed by atoms with E-state index in [9.17, 15) is 0 Å². The number of hydrogen-bond acceptors (Lipinski definition) is 7. The van der Waals surface area contributed by atoms with Crippen LogP contribution in [0, 0.1) is 5.92 Å². The van der Waals surface area contributed by atoms with Crippen molar-refractivity contribution in [1.29, 1.82) is 0 Å². The molecule has 0 atom stereocenters. The molecular formula is C14H27N7. The molecule has 118 valence electrons. The summed E-state index contributed by atoms with van der Waals surface area (Å²) in [4.78, 5) is 17.5. The molecule has 0 radical (unpaired) electrons. The Labute approximate surface area is 126 Å². The molecule has 7 nitrogen and oxygen atoms in total. The number of anilines is 3. The number of hydrogen-bond donors (Lipinski definition) is 2. The largest absolute Gasteiger partial charge is 0.343 e. The number of hydrazine groups is 1. The van der Waals surface area contributed by atoms with Crippen molar-refractivity contribution >= 4 is 17.8 Å². The molecule has 0 spiro atoms. The first kappa shape index (κ1) is 15.8.